The lowest BCUT2D eigenvalue weighted by Gasteiger charge is -2.26. The molecule has 1 aromatic heterocycles. The van der Waals surface area contributed by atoms with Crippen LogP contribution in [0, 0.1) is 6.92 Å². The van der Waals surface area contributed by atoms with Gasteiger partial charge < -0.3 is 14.8 Å². The summed E-state index contributed by atoms with van der Waals surface area (Å²) in [7, 11) is -2.39. The number of nitrogens with zero attached hydrogens (tertiary/aromatic N) is 3. The zero-order valence-electron chi connectivity index (χ0n) is 19.7. The fourth-order valence-electron chi connectivity index (χ4n) is 4.36. The van der Waals surface area contributed by atoms with E-state index in [0.29, 0.717) is 24.5 Å². The van der Waals surface area contributed by atoms with Gasteiger partial charge in [-0.3, -0.25) is 4.79 Å². The molecule has 2 aromatic carbocycles. The van der Waals surface area contributed by atoms with Crippen LogP contribution in [0.25, 0.3) is 5.69 Å². The molecule has 9 nitrogen and oxygen atoms in total. The SMILES string of the molecule is COc1ccc(NC(=O)c2cnn(-c3ccccc3C)c2C2CC2)cc1S(=O)(=O)N1CCOCC1. The Balaban J connectivity index is 1.46. The van der Waals surface area contributed by atoms with E-state index in [1.54, 1.807) is 18.3 Å². The van der Waals surface area contributed by atoms with Crippen molar-refractivity contribution in [1.29, 1.82) is 0 Å². The maximum atomic E-state index is 13.3. The zero-order valence-corrected chi connectivity index (χ0v) is 20.5. The van der Waals surface area contributed by atoms with Crippen molar-refractivity contribution in [2.24, 2.45) is 0 Å². The third-order valence-corrected chi connectivity index (χ3v) is 8.29. The van der Waals surface area contributed by atoms with E-state index in [1.807, 2.05) is 35.9 Å². The Hall–Kier alpha value is -3.21. The van der Waals surface area contributed by atoms with Gasteiger partial charge in [0.2, 0.25) is 10.0 Å². The Morgan fingerprint density at radius 3 is 2.57 bits per heavy atom. The lowest BCUT2D eigenvalue weighted by molar-refractivity contribution is 0.0729. The molecular weight excluding hydrogens is 468 g/mol. The number of sulfonamides is 1. The predicted molar refractivity (Wildman–Crippen MR) is 131 cm³/mol. The number of rotatable bonds is 7. The lowest BCUT2D eigenvalue weighted by atomic mass is 10.1. The van der Waals surface area contributed by atoms with Gasteiger partial charge in [0, 0.05) is 24.7 Å². The van der Waals surface area contributed by atoms with Crippen LogP contribution in [0.15, 0.2) is 53.6 Å². The molecule has 1 amide bonds. The van der Waals surface area contributed by atoms with Gasteiger partial charge in [0.05, 0.1) is 43.5 Å². The zero-order chi connectivity index (χ0) is 24.6. The number of anilines is 1. The normalized spacial score (nSPS) is 16.7. The van der Waals surface area contributed by atoms with Crippen molar-refractivity contribution in [2.75, 3.05) is 38.7 Å². The number of para-hydroxylation sites is 1. The number of aryl methyl sites for hydroxylation is 1. The third-order valence-electron chi connectivity index (χ3n) is 6.37. The number of amides is 1. The second-order valence-electron chi connectivity index (χ2n) is 8.75. The molecule has 5 rings (SSSR count). The van der Waals surface area contributed by atoms with Crippen molar-refractivity contribution >= 4 is 21.6 Å². The van der Waals surface area contributed by atoms with Crippen molar-refractivity contribution < 1.29 is 22.7 Å². The van der Waals surface area contributed by atoms with E-state index in [2.05, 4.69) is 10.4 Å². The monoisotopic (exact) mass is 496 g/mol. The van der Waals surface area contributed by atoms with Gasteiger partial charge in [0.15, 0.2) is 0 Å². The van der Waals surface area contributed by atoms with E-state index < -0.39 is 10.0 Å². The summed E-state index contributed by atoms with van der Waals surface area (Å²) in [5.74, 6) is 0.165. The fourth-order valence-corrected chi connectivity index (χ4v) is 5.95. The Morgan fingerprint density at radius 1 is 1.14 bits per heavy atom. The number of carbonyl (C=O) groups excluding carboxylic acids is 1. The van der Waals surface area contributed by atoms with Crippen LogP contribution in [-0.4, -0.2) is 61.8 Å². The fraction of sp³-hybridized carbons (Fsp3) is 0.360. The maximum absolute atomic E-state index is 13.3. The van der Waals surface area contributed by atoms with Crippen LogP contribution in [0.1, 0.15) is 40.4 Å². The summed E-state index contributed by atoms with van der Waals surface area (Å²) in [4.78, 5) is 13.4. The molecule has 2 fully saturated rings. The first kappa shape index (κ1) is 23.5. The Bertz CT molecular complexity index is 1360. The highest BCUT2D eigenvalue weighted by molar-refractivity contribution is 7.89. The number of nitrogens with one attached hydrogen (secondary N) is 1. The molecular formula is C25H28N4O5S. The summed E-state index contributed by atoms with van der Waals surface area (Å²) in [6.45, 7) is 3.23. The van der Waals surface area contributed by atoms with Gasteiger partial charge in [-0.1, -0.05) is 18.2 Å². The molecule has 1 saturated heterocycles. The highest BCUT2D eigenvalue weighted by Gasteiger charge is 2.34. The first-order chi connectivity index (χ1) is 16.9. The van der Waals surface area contributed by atoms with Gasteiger partial charge in [0.1, 0.15) is 10.6 Å². The van der Waals surface area contributed by atoms with Crippen molar-refractivity contribution in [2.45, 2.75) is 30.6 Å². The van der Waals surface area contributed by atoms with Crippen molar-refractivity contribution in [3.63, 3.8) is 0 Å². The summed E-state index contributed by atoms with van der Waals surface area (Å²) in [5.41, 5.74) is 3.75. The van der Waals surface area contributed by atoms with Crippen LogP contribution >= 0.6 is 0 Å². The van der Waals surface area contributed by atoms with Crippen molar-refractivity contribution in [3.8, 4) is 11.4 Å². The Kier molecular flexibility index (Phi) is 6.35. The second kappa shape index (κ2) is 9.44. The van der Waals surface area contributed by atoms with E-state index in [1.165, 1.54) is 17.5 Å². The van der Waals surface area contributed by atoms with E-state index in [4.69, 9.17) is 9.47 Å². The lowest BCUT2D eigenvalue weighted by Crippen LogP contribution is -2.40. The number of methoxy groups -OCH3 is 1. The number of hydrogen-bond donors (Lipinski definition) is 1. The molecule has 1 saturated carbocycles. The van der Waals surface area contributed by atoms with Crippen molar-refractivity contribution in [3.05, 3.63) is 65.5 Å². The molecule has 2 aliphatic rings. The first-order valence-electron chi connectivity index (χ1n) is 11.6. The van der Waals surface area contributed by atoms with Gasteiger partial charge in [-0.25, -0.2) is 13.1 Å². The number of benzene rings is 2. The van der Waals surface area contributed by atoms with Crippen LogP contribution < -0.4 is 10.1 Å². The predicted octanol–water partition coefficient (Wildman–Crippen LogP) is 3.34. The number of morpholine rings is 1. The molecule has 3 aromatic rings. The van der Waals surface area contributed by atoms with Crippen LogP contribution in [0.2, 0.25) is 0 Å². The highest BCUT2D eigenvalue weighted by Crippen LogP contribution is 2.43. The molecule has 0 bridgehead atoms. The summed E-state index contributed by atoms with van der Waals surface area (Å²) < 4.78 is 40.4. The molecule has 0 unspecified atom stereocenters. The summed E-state index contributed by atoms with van der Waals surface area (Å²) in [6.07, 6.45) is 3.59. The molecule has 0 radical (unpaired) electrons. The van der Waals surface area contributed by atoms with E-state index in [9.17, 15) is 13.2 Å². The second-order valence-corrected chi connectivity index (χ2v) is 10.7. The largest absolute Gasteiger partial charge is 0.495 e. The van der Waals surface area contributed by atoms with Gasteiger partial charge in [-0.05, 0) is 49.6 Å². The Morgan fingerprint density at radius 2 is 1.89 bits per heavy atom. The minimum Gasteiger partial charge on any atom is -0.495 e. The van der Waals surface area contributed by atoms with Gasteiger partial charge in [0.25, 0.3) is 5.91 Å². The molecule has 1 aliphatic heterocycles. The number of aromatic nitrogens is 2. The molecule has 2 heterocycles. The number of carbonyl (C=O) groups is 1. The average molecular weight is 497 g/mol. The molecule has 1 aliphatic carbocycles. The Labute approximate surface area is 204 Å². The standard InChI is InChI=1S/C25H28N4O5S/c1-17-5-3-4-6-21(17)29-24(18-7-8-18)20(16-26-29)25(30)27-19-9-10-22(33-2)23(15-19)35(31,32)28-11-13-34-14-12-28/h3-6,9-10,15-16,18H,7-8,11-14H2,1-2H3,(H,27,30). The molecule has 1 N–H and O–H groups in total. The van der Waals surface area contributed by atoms with E-state index >= 15 is 0 Å². The smallest absolute Gasteiger partial charge is 0.259 e. The average Bonchev–Trinajstić information content (AvgIpc) is 3.62. The number of hydrogen-bond acceptors (Lipinski definition) is 6. The topological polar surface area (TPSA) is 103 Å². The van der Waals surface area contributed by atoms with Gasteiger partial charge in [-0.15, -0.1) is 0 Å². The van der Waals surface area contributed by atoms with Gasteiger partial charge in [-0.2, -0.15) is 9.40 Å². The molecule has 10 heteroatoms. The number of ether oxygens (including phenoxy) is 2. The van der Waals surface area contributed by atoms with E-state index in [-0.39, 0.29) is 35.6 Å². The van der Waals surface area contributed by atoms with Crippen molar-refractivity contribution in [1.82, 2.24) is 14.1 Å². The van der Waals surface area contributed by atoms with E-state index in [0.717, 1.165) is 29.8 Å². The van der Waals surface area contributed by atoms with Crippen LogP contribution in [0.3, 0.4) is 0 Å². The first-order valence-corrected chi connectivity index (χ1v) is 13.1. The summed E-state index contributed by atoms with van der Waals surface area (Å²) >= 11 is 0. The third kappa shape index (κ3) is 4.56. The molecule has 35 heavy (non-hydrogen) atoms. The maximum Gasteiger partial charge on any atom is 0.259 e. The molecule has 0 atom stereocenters. The van der Waals surface area contributed by atoms with Crippen LogP contribution in [0.4, 0.5) is 5.69 Å². The summed E-state index contributed by atoms with van der Waals surface area (Å²) in [5, 5.41) is 7.41. The van der Waals surface area contributed by atoms with Crippen LogP contribution in [-0.2, 0) is 14.8 Å². The van der Waals surface area contributed by atoms with Crippen LogP contribution in [0.5, 0.6) is 5.75 Å². The highest BCUT2D eigenvalue weighted by atomic mass is 32.2. The van der Waals surface area contributed by atoms with Gasteiger partial charge >= 0.3 is 0 Å². The minimum absolute atomic E-state index is 0.0118. The molecule has 0 spiro atoms. The minimum atomic E-state index is -3.82. The summed E-state index contributed by atoms with van der Waals surface area (Å²) in [6, 6.07) is 12.6. The quantitative estimate of drug-likeness (QED) is 0.538. The molecule has 184 valence electrons.